The number of para-hydroxylation sites is 4. The van der Waals surface area contributed by atoms with E-state index >= 15 is 0 Å². The van der Waals surface area contributed by atoms with Crippen LogP contribution >= 0.6 is 0 Å². The first-order chi connectivity index (χ1) is 23.7. The second kappa shape index (κ2) is 10.9. The van der Waals surface area contributed by atoms with Crippen LogP contribution < -0.4 is 0 Å². The van der Waals surface area contributed by atoms with Gasteiger partial charge in [-0.2, -0.15) is 10.5 Å². The van der Waals surface area contributed by atoms with Gasteiger partial charge < -0.3 is 9.13 Å². The summed E-state index contributed by atoms with van der Waals surface area (Å²) in [6, 6.07) is 58.9. The fraction of sp³-hybridized carbons (Fsp3) is 0. The minimum Gasteiger partial charge on any atom is -0.309 e. The number of nitriles is 2. The van der Waals surface area contributed by atoms with E-state index in [0.29, 0.717) is 11.1 Å². The molecule has 0 atom stereocenters. The predicted molar refractivity (Wildman–Crippen MR) is 195 cm³/mol. The molecule has 0 unspecified atom stereocenters. The number of rotatable bonds is 4. The minimum absolute atomic E-state index is 0.605. The molecule has 0 spiro atoms. The van der Waals surface area contributed by atoms with Gasteiger partial charge in [-0.3, -0.25) is 0 Å². The Hall–Kier alpha value is -6.88. The van der Waals surface area contributed by atoms with Crippen molar-refractivity contribution >= 4 is 43.6 Å². The summed E-state index contributed by atoms with van der Waals surface area (Å²) in [6.45, 7) is 0. The van der Waals surface area contributed by atoms with E-state index in [2.05, 4.69) is 137 Å². The van der Waals surface area contributed by atoms with Crippen LogP contribution in [0.25, 0.3) is 77.2 Å². The van der Waals surface area contributed by atoms with Crippen LogP contribution in [0.3, 0.4) is 0 Å². The van der Waals surface area contributed by atoms with Gasteiger partial charge in [0.2, 0.25) is 0 Å². The van der Waals surface area contributed by atoms with Gasteiger partial charge in [-0.1, -0.05) is 91.0 Å². The van der Waals surface area contributed by atoms with Crippen molar-refractivity contribution in [1.82, 2.24) is 9.13 Å². The van der Waals surface area contributed by atoms with Crippen molar-refractivity contribution in [1.29, 1.82) is 10.5 Å². The Morgan fingerprint density at radius 3 is 1.71 bits per heavy atom. The van der Waals surface area contributed by atoms with Crippen molar-refractivity contribution < 1.29 is 0 Å². The summed E-state index contributed by atoms with van der Waals surface area (Å²) in [6.07, 6.45) is 0. The maximum atomic E-state index is 10.5. The molecule has 2 aromatic heterocycles. The van der Waals surface area contributed by atoms with E-state index in [-0.39, 0.29) is 0 Å². The van der Waals surface area contributed by atoms with E-state index in [1.165, 1.54) is 10.8 Å². The Bertz CT molecular complexity index is 2750. The zero-order valence-corrected chi connectivity index (χ0v) is 25.8. The highest BCUT2D eigenvalue weighted by atomic mass is 15.0. The average Bonchev–Trinajstić information content (AvgIpc) is 3.67. The molecule has 4 heteroatoms. The molecule has 2 heterocycles. The zero-order valence-electron chi connectivity index (χ0n) is 25.8. The first kappa shape index (κ1) is 27.4. The second-order valence-corrected chi connectivity index (χ2v) is 12.0. The lowest BCUT2D eigenvalue weighted by Gasteiger charge is -2.15. The van der Waals surface area contributed by atoms with Crippen molar-refractivity contribution in [3.8, 4) is 45.8 Å². The van der Waals surface area contributed by atoms with Crippen molar-refractivity contribution in [3.05, 3.63) is 169 Å². The molecule has 48 heavy (non-hydrogen) atoms. The Morgan fingerprint density at radius 1 is 0.396 bits per heavy atom. The molecule has 0 aliphatic carbocycles. The van der Waals surface area contributed by atoms with Crippen LogP contribution in [0.4, 0.5) is 0 Å². The van der Waals surface area contributed by atoms with Crippen LogP contribution in [-0.2, 0) is 0 Å². The maximum absolute atomic E-state index is 10.5. The molecule has 0 saturated carbocycles. The third kappa shape index (κ3) is 4.14. The summed E-state index contributed by atoms with van der Waals surface area (Å²) in [7, 11) is 0. The highest BCUT2D eigenvalue weighted by Crippen LogP contribution is 2.39. The van der Waals surface area contributed by atoms with Crippen LogP contribution in [0, 0.1) is 22.7 Å². The molecule has 4 nitrogen and oxygen atoms in total. The third-order valence-electron chi connectivity index (χ3n) is 9.40. The van der Waals surface area contributed by atoms with Gasteiger partial charge in [-0.05, 0) is 83.4 Å². The van der Waals surface area contributed by atoms with Crippen molar-refractivity contribution in [2.24, 2.45) is 0 Å². The van der Waals surface area contributed by atoms with Gasteiger partial charge in [0.15, 0.2) is 0 Å². The first-order valence-electron chi connectivity index (χ1n) is 15.9. The van der Waals surface area contributed by atoms with E-state index in [1.54, 1.807) is 0 Å². The van der Waals surface area contributed by atoms with E-state index in [4.69, 9.17) is 0 Å². The number of fused-ring (bicyclic) bond motifs is 6. The summed E-state index contributed by atoms with van der Waals surface area (Å²) in [5, 5.41) is 24.7. The van der Waals surface area contributed by atoms with Crippen LogP contribution in [-0.4, -0.2) is 9.13 Å². The topological polar surface area (TPSA) is 57.4 Å². The van der Waals surface area contributed by atoms with Crippen molar-refractivity contribution in [2.45, 2.75) is 0 Å². The number of hydrogen-bond acceptors (Lipinski definition) is 2. The lowest BCUT2D eigenvalue weighted by Crippen LogP contribution is -1.97. The van der Waals surface area contributed by atoms with Gasteiger partial charge in [-0.15, -0.1) is 0 Å². The smallest absolute Gasteiger partial charge is 0.0998 e. The molecule has 7 aromatic carbocycles. The molecule has 0 N–H and O–H groups in total. The molecule has 9 rings (SSSR count). The molecule has 0 radical (unpaired) electrons. The van der Waals surface area contributed by atoms with E-state index < -0.39 is 0 Å². The van der Waals surface area contributed by atoms with Crippen LogP contribution in [0.5, 0.6) is 0 Å². The predicted octanol–water partition coefficient (Wildman–Crippen LogP) is 11.0. The Kier molecular flexibility index (Phi) is 6.22. The fourth-order valence-corrected chi connectivity index (χ4v) is 7.27. The van der Waals surface area contributed by atoms with Gasteiger partial charge in [0.1, 0.15) is 0 Å². The molecular weight excluding hydrogens is 585 g/mol. The molecule has 9 aromatic rings. The zero-order chi connectivity index (χ0) is 32.2. The van der Waals surface area contributed by atoms with Gasteiger partial charge in [0, 0.05) is 32.8 Å². The molecule has 0 bridgehead atoms. The normalized spacial score (nSPS) is 11.3. The highest BCUT2D eigenvalue weighted by molar-refractivity contribution is 6.11. The monoisotopic (exact) mass is 610 g/mol. The van der Waals surface area contributed by atoms with Crippen LogP contribution in [0.1, 0.15) is 11.1 Å². The van der Waals surface area contributed by atoms with Gasteiger partial charge in [0.05, 0.1) is 51.0 Å². The number of nitrogens with zero attached hydrogens (tertiary/aromatic N) is 4. The van der Waals surface area contributed by atoms with Crippen LogP contribution in [0.2, 0.25) is 0 Å². The summed E-state index contributed by atoms with van der Waals surface area (Å²) in [4.78, 5) is 0. The quantitative estimate of drug-likeness (QED) is 0.199. The summed E-state index contributed by atoms with van der Waals surface area (Å²) >= 11 is 0. The summed E-state index contributed by atoms with van der Waals surface area (Å²) in [5.74, 6) is 0. The van der Waals surface area contributed by atoms with Gasteiger partial charge >= 0.3 is 0 Å². The number of benzene rings is 7. The standard InChI is InChI=1S/C44H26N4/c45-27-29-18-22-43-38(24-29)39-26-31(20-23-44(39)47(43)33-10-2-1-3-11-33)34-21-19-30(25-32(34)28-46)35-12-4-7-15-40(35)48-41-16-8-5-13-36(41)37-14-6-9-17-42(37)48/h1-26H. The lowest BCUT2D eigenvalue weighted by molar-refractivity contribution is 1.18. The second-order valence-electron chi connectivity index (χ2n) is 12.0. The number of aromatic nitrogens is 2. The molecule has 0 aliphatic heterocycles. The largest absolute Gasteiger partial charge is 0.309 e. The minimum atomic E-state index is 0.605. The SMILES string of the molecule is N#Cc1ccc2c(c1)c1cc(-c3ccc(-c4ccccc4-n4c5ccccc5c5ccccc54)cc3C#N)ccc1n2-c1ccccc1. The molecule has 0 saturated heterocycles. The fourth-order valence-electron chi connectivity index (χ4n) is 7.27. The molecular formula is C44H26N4. The maximum Gasteiger partial charge on any atom is 0.0998 e. The Balaban J connectivity index is 1.21. The molecule has 0 fully saturated rings. The van der Waals surface area contributed by atoms with Crippen LogP contribution in [0.15, 0.2) is 158 Å². The van der Waals surface area contributed by atoms with Gasteiger partial charge in [-0.25, -0.2) is 0 Å². The lowest BCUT2D eigenvalue weighted by atomic mass is 9.94. The molecule has 222 valence electrons. The highest BCUT2D eigenvalue weighted by Gasteiger charge is 2.18. The average molecular weight is 611 g/mol. The molecule has 0 amide bonds. The summed E-state index contributed by atoms with van der Waals surface area (Å²) in [5.41, 5.74) is 11.6. The Labute approximate surface area is 277 Å². The summed E-state index contributed by atoms with van der Waals surface area (Å²) < 4.78 is 4.56. The molecule has 0 aliphatic rings. The van der Waals surface area contributed by atoms with Crippen molar-refractivity contribution in [3.63, 3.8) is 0 Å². The third-order valence-corrected chi connectivity index (χ3v) is 9.40. The number of hydrogen-bond donors (Lipinski definition) is 0. The van der Waals surface area contributed by atoms with Gasteiger partial charge in [0.25, 0.3) is 0 Å². The Morgan fingerprint density at radius 2 is 0.979 bits per heavy atom. The van der Waals surface area contributed by atoms with Crippen molar-refractivity contribution in [2.75, 3.05) is 0 Å². The van der Waals surface area contributed by atoms with E-state index in [9.17, 15) is 10.5 Å². The van der Waals surface area contributed by atoms with E-state index in [1.807, 2.05) is 42.5 Å². The van der Waals surface area contributed by atoms with E-state index in [0.717, 1.165) is 66.5 Å². The first-order valence-corrected chi connectivity index (χ1v) is 15.9.